The lowest BCUT2D eigenvalue weighted by Crippen LogP contribution is -1.66. The highest BCUT2D eigenvalue weighted by Gasteiger charge is 1.83. The van der Waals surface area contributed by atoms with Gasteiger partial charge >= 0.3 is 0 Å². The highest BCUT2D eigenvalue weighted by molar-refractivity contribution is 8.02. The van der Waals surface area contributed by atoms with Crippen LogP contribution in [-0.2, 0) is 0 Å². The first-order valence-electron chi connectivity index (χ1n) is 4.38. The van der Waals surface area contributed by atoms with Crippen molar-refractivity contribution in [2.24, 2.45) is 0 Å². The van der Waals surface area contributed by atoms with Crippen LogP contribution in [0.1, 0.15) is 27.2 Å². The van der Waals surface area contributed by atoms with E-state index in [2.05, 4.69) is 31.9 Å². The smallest absolute Gasteiger partial charge is 0.00290 e. The van der Waals surface area contributed by atoms with E-state index < -0.39 is 0 Å². The predicted octanol–water partition coefficient (Wildman–Crippen LogP) is 4.41. The first-order valence-corrected chi connectivity index (χ1v) is 5.60. The quantitative estimate of drug-likeness (QED) is 0.583. The molecule has 0 N–H and O–H groups in total. The molecule has 0 aromatic rings. The van der Waals surface area contributed by atoms with Crippen LogP contribution in [-0.4, -0.2) is 6.26 Å². The molecule has 0 atom stereocenters. The summed E-state index contributed by atoms with van der Waals surface area (Å²) in [5.74, 6) is 0. The minimum Gasteiger partial charge on any atom is -0.130 e. The average molecular weight is 184 g/mol. The summed E-state index contributed by atoms with van der Waals surface area (Å²) in [5.41, 5.74) is 0. The van der Waals surface area contributed by atoms with Gasteiger partial charge in [0.1, 0.15) is 0 Å². The number of allylic oxidation sites excluding steroid dienone is 4. The molecule has 12 heavy (non-hydrogen) atoms. The third-order valence-corrected chi connectivity index (χ3v) is 1.81. The lowest BCUT2D eigenvalue weighted by molar-refractivity contribution is 1.22. The molecule has 0 saturated heterocycles. The first kappa shape index (κ1) is 14.1. The largest absolute Gasteiger partial charge is 0.130 e. The lowest BCUT2D eigenvalue weighted by Gasteiger charge is -1.92. The van der Waals surface area contributed by atoms with Crippen molar-refractivity contribution in [3.63, 3.8) is 0 Å². The summed E-state index contributed by atoms with van der Waals surface area (Å²) in [6, 6.07) is 0. The van der Waals surface area contributed by atoms with E-state index in [1.54, 1.807) is 17.8 Å². The van der Waals surface area contributed by atoms with Crippen molar-refractivity contribution >= 4 is 11.8 Å². The normalized spacial score (nSPS) is 10.8. The van der Waals surface area contributed by atoms with Crippen LogP contribution in [0.25, 0.3) is 0 Å². The van der Waals surface area contributed by atoms with Gasteiger partial charge in [0.25, 0.3) is 0 Å². The van der Waals surface area contributed by atoms with Gasteiger partial charge in [-0.25, -0.2) is 0 Å². The minimum absolute atomic E-state index is 1.09. The van der Waals surface area contributed by atoms with Gasteiger partial charge in [0, 0.05) is 4.91 Å². The van der Waals surface area contributed by atoms with E-state index in [1.165, 1.54) is 4.91 Å². The number of thioether (sulfide) groups is 1. The fourth-order valence-electron chi connectivity index (χ4n) is 0.583. The van der Waals surface area contributed by atoms with Crippen molar-refractivity contribution in [1.29, 1.82) is 0 Å². The molecule has 0 spiro atoms. The second kappa shape index (κ2) is 13.2. The van der Waals surface area contributed by atoms with E-state index in [-0.39, 0.29) is 0 Å². The standard InChI is InChI=1S/C9H14S.C2H6/c1-4-6-8-9(10-3)7-5-2;1-2/h4,6-8H,1,5H2,2-3H3;1-2H3/b8-6-,9-7+;. The van der Waals surface area contributed by atoms with Crippen molar-refractivity contribution in [2.45, 2.75) is 27.2 Å². The predicted molar refractivity (Wildman–Crippen MR) is 62.6 cm³/mol. The van der Waals surface area contributed by atoms with Gasteiger partial charge in [0.2, 0.25) is 0 Å². The van der Waals surface area contributed by atoms with Crippen molar-refractivity contribution in [2.75, 3.05) is 6.26 Å². The Morgan fingerprint density at radius 1 is 1.42 bits per heavy atom. The van der Waals surface area contributed by atoms with Crippen LogP contribution in [0.3, 0.4) is 0 Å². The molecule has 0 aliphatic rings. The van der Waals surface area contributed by atoms with E-state index in [0.717, 1.165) is 6.42 Å². The highest BCUT2D eigenvalue weighted by atomic mass is 32.2. The molecule has 0 heterocycles. The molecule has 0 aliphatic carbocycles. The van der Waals surface area contributed by atoms with Gasteiger partial charge in [0.05, 0.1) is 0 Å². The van der Waals surface area contributed by atoms with Gasteiger partial charge in [-0.15, -0.1) is 11.8 Å². The molecule has 0 aromatic heterocycles. The maximum Gasteiger partial charge on any atom is 0.00290 e. The SMILES string of the molecule is C=C/C=C\C(=C/CC)SC.CC. The molecule has 70 valence electrons. The van der Waals surface area contributed by atoms with Crippen LogP contribution in [0.2, 0.25) is 0 Å². The molecule has 0 amide bonds. The van der Waals surface area contributed by atoms with Gasteiger partial charge in [-0.3, -0.25) is 0 Å². The van der Waals surface area contributed by atoms with Crippen molar-refractivity contribution in [3.8, 4) is 0 Å². The lowest BCUT2D eigenvalue weighted by atomic mass is 10.4. The number of hydrogen-bond donors (Lipinski definition) is 0. The van der Waals surface area contributed by atoms with Crippen LogP contribution in [0.5, 0.6) is 0 Å². The Bertz CT molecular complexity index is 140. The highest BCUT2D eigenvalue weighted by Crippen LogP contribution is 2.13. The number of hydrogen-bond acceptors (Lipinski definition) is 1. The molecule has 0 aromatic carbocycles. The maximum absolute atomic E-state index is 3.60. The Labute approximate surface area is 81.4 Å². The second-order valence-electron chi connectivity index (χ2n) is 1.81. The van der Waals surface area contributed by atoms with Gasteiger partial charge in [-0.05, 0) is 18.8 Å². The Hall–Kier alpha value is -0.430. The minimum atomic E-state index is 1.09. The summed E-state index contributed by atoms with van der Waals surface area (Å²) in [4.78, 5) is 1.31. The monoisotopic (exact) mass is 184 g/mol. The van der Waals surface area contributed by atoms with Crippen LogP contribution in [0.15, 0.2) is 35.8 Å². The molecule has 0 fully saturated rings. The molecular formula is C11H20S. The van der Waals surface area contributed by atoms with Gasteiger partial charge < -0.3 is 0 Å². The summed E-state index contributed by atoms with van der Waals surface area (Å²) in [6.45, 7) is 9.74. The van der Waals surface area contributed by atoms with Gasteiger partial charge in [0.15, 0.2) is 0 Å². The Morgan fingerprint density at radius 3 is 2.33 bits per heavy atom. The summed E-state index contributed by atoms with van der Waals surface area (Å²) < 4.78 is 0. The number of rotatable bonds is 4. The summed E-state index contributed by atoms with van der Waals surface area (Å²) in [5, 5.41) is 0. The molecule has 0 bridgehead atoms. The molecule has 0 saturated carbocycles. The zero-order valence-electron chi connectivity index (χ0n) is 8.63. The molecular weight excluding hydrogens is 164 g/mol. The third kappa shape index (κ3) is 9.57. The van der Waals surface area contributed by atoms with Crippen molar-refractivity contribution < 1.29 is 0 Å². The maximum atomic E-state index is 3.60. The van der Waals surface area contributed by atoms with Gasteiger partial charge in [-0.1, -0.05) is 45.6 Å². The van der Waals surface area contributed by atoms with E-state index in [4.69, 9.17) is 0 Å². The molecule has 0 aliphatic heterocycles. The zero-order valence-corrected chi connectivity index (χ0v) is 9.45. The van der Waals surface area contributed by atoms with Crippen LogP contribution < -0.4 is 0 Å². The van der Waals surface area contributed by atoms with Crippen LogP contribution in [0, 0.1) is 0 Å². The molecule has 0 nitrogen and oxygen atoms in total. The summed E-state index contributed by atoms with van der Waals surface area (Å²) in [7, 11) is 0. The molecule has 1 heteroatoms. The summed E-state index contributed by atoms with van der Waals surface area (Å²) in [6.07, 6.45) is 11.2. The Balaban J connectivity index is 0. The molecule has 0 radical (unpaired) electrons. The molecule has 0 rings (SSSR count). The summed E-state index contributed by atoms with van der Waals surface area (Å²) >= 11 is 1.76. The van der Waals surface area contributed by atoms with Gasteiger partial charge in [-0.2, -0.15) is 0 Å². The molecule has 0 unspecified atom stereocenters. The van der Waals surface area contributed by atoms with E-state index in [9.17, 15) is 0 Å². The van der Waals surface area contributed by atoms with Crippen LogP contribution >= 0.6 is 11.8 Å². The fraction of sp³-hybridized carbons (Fsp3) is 0.455. The van der Waals surface area contributed by atoms with E-state index in [0.29, 0.717) is 0 Å². The van der Waals surface area contributed by atoms with E-state index >= 15 is 0 Å². The first-order chi connectivity index (χ1) is 5.85. The fourth-order valence-corrected chi connectivity index (χ4v) is 1.13. The van der Waals surface area contributed by atoms with Crippen molar-refractivity contribution in [3.05, 3.63) is 35.8 Å². The Kier molecular flexibility index (Phi) is 15.5. The topological polar surface area (TPSA) is 0 Å². The second-order valence-corrected chi connectivity index (χ2v) is 2.69. The zero-order chi connectivity index (χ0) is 9.82. The van der Waals surface area contributed by atoms with Crippen LogP contribution in [0.4, 0.5) is 0 Å². The third-order valence-electron chi connectivity index (χ3n) is 1.04. The van der Waals surface area contributed by atoms with Crippen molar-refractivity contribution in [1.82, 2.24) is 0 Å². The Morgan fingerprint density at radius 2 is 2.00 bits per heavy atom. The van der Waals surface area contributed by atoms with E-state index in [1.807, 2.05) is 19.9 Å². The average Bonchev–Trinajstić information content (AvgIpc) is 2.15.